The third-order valence-electron chi connectivity index (χ3n) is 6.30. The van der Waals surface area contributed by atoms with Crippen molar-refractivity contribution in [1.82, 2.24) is 9.78 Å². The van der Waals surface area contributed by atoms with Crippen molar-refractivity contribution in [3.8, 4) is 11.6 Å². The van der Waals surface area contributed by atoms with Gasteiger partial charge in [-0.05, 0) is 38.5 Å². The summed E-state index contributed by atoms with van der Waals surface area (Å²) in [5.41, 5.74) is 2.72. The highest BCUT2D eigenvalue weighted by atomic mass is 16.7. The van der Waals surface area contributed by atoms with E-state index in [0.29, 0.717) is 13.0 Å². The fraction of sp³-hybridized carbons (Fsp3) is 0.625. The Morgan fingerprint density at radius 2 is 1.82 bits per heavy atom. The van der Waals surface area contributed by atoms with E-state index in [0.717, 1.165) is 35.6 Å². The van der Waals surface area contributed by atoms with Crippen molar-refractivity contribution in [1.29, 1.82) is 0 Å². The van der Waals surface area contributed by atoms with Gasteiger partial charge >= 0.3 is 0 Å². The Labute approximate surface area is 198 Å². The number of aliphatic hydroxyl groups excluding tert-OH is 4. The van der Waals surface area contributed by atoms with Gasteiger partial charge in [0, 0.05) is 30.1 Å². The van der Waals surface area contributed by atoms with E-state index < -0.39 is 37.3 Å². The zero-order valence-corrected chi connectivity index (χ0v) is 19.7. The van der Waals surface area contributed by atoms with E-state index in [2.05, 4.69) is 5.10 Å². The minimum atomic E-state index is -1.52. The van der Waals surface area contributed by atoms with Crippen LogP contribution in [0.2, 0.25) is 0 Å². The smallest absolute Gasteiger partial charge is 0.239 e. The van der Waals surface area contributed by atoms with E-state index in [-0.39, 0.29) is 18.0 Å². The first-order valence-electron chi connectivity index (χ1n) is 11.7. The molecular formula is C24H34N2O8. The van der Waals surface area contributed by atoms with E-state index in [1.54, 1.807) is 0 Å². The van der Waals surface area contributed by atoms with Crippen LogP contribution in [0.15, 0.2) is 24.3 Å². The summed E-state index contributed by atoms with van der Waals surface area (Å²) in [4.78, 5) is 0. The van der Waals surface area contributed by atoms with Crippen molar-refractivity contribution in [3.63, 3.8) is 0 Å². The summed E-state index contributed by atoms with van der Waals surface area (Å²) in [6.45, 7) is 6.74. The summed E-state index contributed by atoms with van der Waals surface area (Å²) in [5.74, 6) is 1.05. The molecule has 0 spiro atoms. The average molecular weight is 479 g/mol. The Balaban J connectivity index is 1.54. The molecule has 0 radical (unpaired) electrons. The van der Waals surface area contributed by atoms with Crippen LogP contribution in [0.4, 0.5) is 0 Å². The maximum absolute atomic E-state index is 10.4. The van der Waals surface area contributed by atoms with Crippen LogP contribution in [-0.2, 0) is 15.9 Å². The normalized spacial score (nSPS) is 29.5. The van der Waals surface area contributed by atoms with Crippen molar-refractivity contribution in [3.05, 3.63) is 41.1 Å². The third kappa shape index (κ3) is 5.22. The summed E-state index contributed by atoms with van der Waals surface area (Å²) in [6.07, 6.45) is -5.36. The van der Waals surface area contributed by atoms with Gasteiger partial charge in [-0.15, -0.1) is 5.10 Å². The van der Waals surface area contributed by atoms with Gasteiger partial charge in [0.15, 0.2) is 0 Å². The predicted octanol–water partition coefficient (Wildman–Crippen LogP) is 0.710. The molecule has 1 aromatic carbocycles. The van der Waals surface area contributed by atoms with Gasteiger partial charge in [-0.3, -0.25) is 4.68 Å². The molecule has 0 amide bonds. The number of hydrogen-bond acceptors (Lipinski definition) is 9. The standard InChI is InChI=1S/C24H34N2O8/c1-13(2)26-14(3)18(10-15-4-6-16(7-5-15)32-17-8-9-31-12-17)23(25-26)34-24-22(30)21(29)20(28)19(11-27)33-24/h4-7,13,17,19-22,24,27-30H,8-12H2,1-3H3/t17-,19-,20-,21+,22-,24+/m1/s1. The lowest BCUT2D eigenvalue weighted by Crippen LogP contribution is -2.60. The van der Waals surface area contributed by atoms with Crippen molar-refractivity contribution in [2.45, 2.75) is 76.5 Å². The molecule has 4 N–H and O–H groups in total. The number of benzene rings is 1. The number of nitrogens with zero attached hydrogens (tertiary/aromatic N) is 2. The molecule has 2 aromatic rings. The zero-order valence-electron chi connectivity index (χ0n) is 19.7. The van der Waals surface area contributed by atoms with E-state index in [4.69, 9.17) is 18.9 Å². The largest absolute Gasteiger partial charge is 0.488 e. The van der Waals surface area contributed by atoms with Crippen molar-refractivity contribution in [2.75, 3.05) is 19.8 Å². The van der Waals surface area contributed by atoms with E-state index in [1.165, 1.54) is 0 Å². The van der Waals surface area contributed by atoms with Gasteiger partial charge in [-0.25, -0.2) is 0 Å². The first-order valence-corrected chi connectivity index (χ1v) is 11.7. The minimum Gasteiger partial charge on any atom is -0.488 e. The Bertz CT molecular complexity index is 939. The molecule has 10 heteroatoms. The highest BCUT2D eigenvalue weighted by molar-refractivity contribution is 5.38. The van der Waals surface area contributed by atoms with Crippen LogP contribution < -0.4 is 9.47 Å². The van der Waals surface area contributed by atoms with Gasteiger partial charge in [0.25, 0.3) is 0 Å². The van der Waals surface area contributed by atoms with Gasteiger partial charge in [-0.2, -0.15) is 0 Å². The molecular weight excluding hydrogens is 444 g/mol. The van der Waals surface area contributed by atoms with Gasteiger partial charge in [0.05, 0.1) is 19.8 Å². The summed E-state index contributed by atoms with van der Waals surface area (Å²) < 4.78 is 24.6. The van der Waals surface area contributed by atoms with E-state index in [9.17, 15) is 20.4 Å². The molecule has 188 valence electrons. The lowest BCUT2D eigenvalue weighted by atomic mass is 9.99. The number of aromatic nitrogens is 2. The lowest BCUT2D eigenvalue weighted by Gasteiger charge is -2.39. The maximum Gasteiger partial charge on any atom is 0.239 e. The van der Waals surface area contributed by atoms with Crippen LogP contribution in [0, 0.1) is 6.92 Å². The molecule has 2 fully saturated rings. The van der Waals surface area contributed by atoms with Crippen LogP contribution in [-0.4, -0.2) is 86.8 Å². The van der Waals surface area contributed by atoms with Crippen molar-refractivity contribution < 1.29 is 39.4 Å². The fourth-order valence-corrected chi connectivity index (χ4v) is 4.29. The Hall–Kier alpha value is -2.21. The van der Waals surface area contributed by atoms with E-state index in [1.807, 2.05) is 49.7 Å². The minimum absolute atomic E-state index is 0.0651. The van der Waals surface area contributed by atoms with Crippen molar-refractivity contribution >= 4 is 0 Å². The van der Waals surface area contributed by atoms with Gasteiger partial charge in [-0.1, -0.05) is 12.1 Å². The monoisotopic (exact) mass is 478 g/mol. The van der Waals surface area contributed by atoms with E-state index >= 15 is 0 Å². The molecule has 6 atom stereocenters. The third-order valence-corrected chi connectivity index (χ3v) is 6.30. The number of rotatable bonds is 8. The molecule has 2 saturated heterocycles. The van der Waals surface area contributed by atoms with Crippen LogP contribution in [0.25, 0.3) is 0 Å². The van der Waals surface area contributed by atoms with Crippen molar-refractivity contribution in [2.24, 2.45) is 0 Å². The van der Waals surface area contributed by atoms with Crippen LogP contribution in [0.1, 0.15) is 43.1 Å². The lowest BCUT2D eigenvalue weighted by molar-refractivity contribution is -0.278. The molecule has 10 nitrogen and oxygen atoms in total. The second-order valence-corrected chi connectivity index (χ2v) is 9.15. The molecule has 0 unspecified atom stereocenters. The highest BCUT2D eigenvalue weighted by Gasteiger charge is 2.45. The molecule has 0 bridgehead atoms. The van der Waals surface area contributed by atoms with Crippen LogP contribution >= 0.6 is 0 Å². The fourth-order valence-electron chi connectivity index (χ4n) is 4.29. The summed E-state index contributed by atoms with van der Waals surface area (Å²) >= 11 is 0. The first kappa shape index (κ1) is 24.9. The number of aliphatic hydroxyl groups is 4. The second kappa shape index (κ2) is 10.6. The van der Waals surface area contributed by atoms with Gasteiger partial charge in [0.2, 0.25) is 12.2 Å². The molecule has 2 aliphatic rings. The number of hydrogen-bond donors (Lipinski definition) is 4. The molecule has 4 rings (SSSR count). The molecule has 3 heterocycles. The van der Waals surface area contributed by atoms with Crippen LogP contribution in [0.5, 0.6) is 11.6 Å². The molecule has 34 heavy (non-hydrogen) atoms. The number of ether oxygens (including phenoxy) is 4. The van der Waals surface area contributed by atoms with Gasteiger partial charge < -0.3 is 39.4 Å². The Morgan fingerprint density at radius 3 is 2.44 bits per heavy atom. The summed E-state index contributed by atoms with van der Waals surface area (Å²) in [5, 5.41) is 44.6. The molecule has 2 aliphatic heterocycles. The summed E-state index contributed by atoms with van der Waals surface area (Å²) in [7, 11) is 0. The maximum atomic E-state index is 10.4. The Morgan fingerprint density at radius 1 is 1.09 bits per heavy atom. The topological polar surface area (TPSA) is 136 Å². The molecule has 0 saturated carbocycles. The molecule has 0 aliphatic carbocycles. The zero-order chi connectivity index (χ0) is 24.4. The SMILES string of the molecule is Cc1c(Cc2ccc(O[C@@H]3CCOC3)cc2)c(O[C@@H]2O[C@H](CO)[C@@H](O)[C@H](O)[C@H]2O)nn1C(C)C. The average Bonchev–Trinajstić information content (AvgIpc) is 3.44. The first-order chi connectivity index (χ1) is 16.3. The second-order valence-electron chi connectivity index (χ2n) is 9.15. The van der Waals surface area contributed by atoms with Crippen LogP contribution in [0.3, 0.4) is 0 Å². The predicted molar refractivity (Wildman–Crippen MR) is 121 cm³/mol. The quantitative estimate of drug-likeness (QED) is 0.432. The summed E-state index contributed by atoms with van der Waals surface area (Å²) in [6, 6.07) is 7.88. The Kier molecular flexibility index (Phi) is 7.76. The molecule has 1 aromatic heterocycles. The van der Waals surface area contributed by atoms with Gasteiger partial charge in [0.1, 0.15) is 36.3 Å². The highest BCUT2D eigenvalue weighted by Crippen LogP contribution is 2.31.